The second-order valence-electron chi connectivity index (χ2n) is 3.69. The molecule has 5 heteroatoms. The summed E-state index contributed by atoms with van der Waals surface area (Å²) in [5.74, 6) is 0.176. The Balaban J connectivity index is 2.84. The van der Waals surface area contributed by atoms with Crippen LogP contribution in [0.25, 0.3) is 0 Å². The van der Waals surface area contributed by atoms with Crippen molar-refractivity contribution in [3.05, 3.63) is 28.2 Å². The van der Waals surface area contributed by atoms with Gasteiger partial charge in [0.1, 0.15) is 0 Å². The number of rotatable bonds is 5. The lowest BCUT2D eigenvalue weighted by molar-refractivity contribution is 0.598. The van der Waals surface area contributed by atoms with E-state index in [4.69, 9.17) is 0 Å². The zero-order chi connectivity index (χ0) is 12.2. The number of hydrogen-bond acceptors (Lipinski definition) is 2. The second-order valence-corrected chi connectivity index (χ2v) is 6.38. The molecular formula is C11H16BrNO2S. The van der Waals surface area contributed by atoms with Crippen LogP contribution in [0.5, 0.6) is 0 Å². The summed E-state index contributed by atoms with van der Waals surface area (Å²) in [4.78, 5) is 0. The summed E-state index contributed by atoms with van der Waals surface area (Å²) in [5.41, 5.74) is 1.55. The summed E-state index contributed by atoms with van der Waals surface area (Å²) in [6, 6.07) is 5.47. The van der Waals surface area contributed by atoms with Gasteiger partial charge in [0.25, 0.3) is 0 Å². The number of halogens is 1. The van der Waals surface area contributed by atoms with E-state index >= 15 is 0 Å². The number of sulfonamides is 1. The number of benzene rings is 1. The molecule has 90 valence electrons. The van der Waals surface area contributed by atoms with Crippen LogP contribution in [0.1, 0.15) is 25.3 Å². The fourth-order valence-electron chi connectivity index (χ4n) is 1.27. The fourth-order valence-corrected chi connectivity index (χ4v) is 2.96. The number of anilines is 1. The second kappa shape index (κ2) is 5.68. The third-order valence-electron chi connectivity index (χ3n) is 2.30. The van der Waals surface area contributed by atoms with E-state index in [-0.39, 0.29) is 5.75 Å². The van der Waals surface area contributed by atoms with Gasteiger partial charge in [0.05, 0.1) is 11.4 Å². The molecule has 0 saturated carbocycles. The van der Waals surface area contributed by atoms with Gasteiger partial charge in [-0.05, 0) is 31.0 Å². The van der Waals surface area contributed by atoms with Crippen molar-refractivity contribution in [3.8, 4) is 0 Å². The third kappa shape index (κ3) is 3.79. The Morgan fingerprint density at radius 3 is 2.69 bits per heavy atom. The minimum Gasteiger partial charge on any atom is -0.283 e. The van der Waals surface area contributed by atoms with Crippen molar-refractivity contribution < 1.29 is 8.42 Å². The highest BCUT2D eigenvalue weighted by Gasteiger charge is 2.11. The molecule has 0 aromatic heterocycles. The molecule has 0 radical (unpaired) electrons. The minimum absolute atomic E-state index is 0.176. The molecule has 1 N–H and O–H groups in total. The van der Waals surface area contributed by atoms with E-state index < -0.39 is 10.0 Å². The molecule has 0 heterocycles. The first-order valence-corrected chi connectivity index (χ1v) is 7.66. The van der Waals surface area contributed by atoms with Gasteiger partial charge in [-0.25, -0.2) is 8.42 Å². The highest BCUT2D eigenvalue weighted by atomic mass is 79.9. The Bertz CT molecular complexity index is 457. The average Bonchev–Trinajstić information content (AvgIpc) is 2.22. The molecule has 0 amide bonds. The van der Waals surface area contributed by atoms with Crippen molar-refractivity contribution >= 4 is 31.6 Å². The van der Waals surface area contributed by atoms with Crippen LogP contribution in [0.3, 0.4) is 0 Å². The van der Waals surface area contributed by atoms with Crippen LogP contribution in [-0.4, -0.2) is 14.2 Å². The topological polar surface area (TPSA) is 46.2 Å². The van der Waals surface area contributed by atoms with Crippen LogP contribution in [0.4, 0.5) is 5.69 Å². The lowest BCUT2D eigenvalue weighted by Gasteiger charge is -2.11. The summed E-state index contributed by atoms with van der Waals surface area (Å²) in [5, 5.41) is 0. The van der Waals surface area contributed by atoms with E-state index in [1.165, 1.54) is 0 Å². The van der Waals surface area contributed by atoms with E-state index in [1.807, 2.05) is 26.0 Å². The van der Waals surface area contributed by atoms with Gasteiger partial charge < -0.3 is 0 Å². The maximum absolute atomic E-state index is 11.7. The largest absolute Gasteiger partial charge is 0.283 e. The van der Waals surface area contributed by atoms with Crippen LogP contribution in [0.15, 0.2) is 22.7 Å². The normalized spacial score (nSPS) is 11.4. The molecule has 0 bridgehead atoms. The Labute approximate surface area is 105 Å². The van der Waals surface area contributed by atoms with Crippen molar-refractivity contribution in [2.24, 2.45) is 0 Å². The number of hydrogen-bond donors (Lipinski definition) is 1. The summed E-state index contributed by atoms with van der Waals surface area (Å²) in [7, 11) is -3.21. The molecule has 0 unspecified atom stereocenters. The highest BCUT2D eigenvalue weighted by Crippen LogP contribution is 2.24. The fraction of sp³-hybridized carbons (Fsp3) is 0.455. The zero-order valence-electron chi connectivity index (χ0n) is 9.46. The molecule has 0 atom stereocenters. The van der Waals surface area contributed by atoms with Crippen LogP contribution in [-0.2, 0) is 10.0 Å². The Hall–Kier alpha value is -0.550. The van der Waals surface area contributed by atoms with Crippen LogP contribution in [0.2, 0.25) is 0 Å². The Kier molecular flexibility index (Phi) is 4.80. The molecule has 16 heavy (non-hydrogen) atoms. The van der Waals surface area contributed by atoms with E-state index in [9.17, 15) is 8.42 Å². The van der Waals surface area contributed by atoms with Gasteiger partial charge in [-0.3, -0.25) is 4.72 Å². The van der Waals surface area contributed by atoms with E-state index in [0.717, 1.165) is 16.5 Å². The van der Waals surface area contributed by atoms with Crippen molar-refractivity contribution in [1.82, 2.24) is 0 Å². The molecule has 0 aliphatic heterocycles. The lowest BCUT2D eigenvalue weighted by atomic mass is 10.2. The van der Waals surface area contributed by atoms with Crippen LogP contribution >= 0.6 is 15.9 Å². The monoisotopic (exact) mass is 305 g/mol. The SMILES string of the molecule is CCCCS(=O)(=O)Nc1cccc(Br)c1C. The van der Waals surface area contributed by atoms with E-state index in [2.05, 4.69) is 20.7 Å². The zero-order valence-corrected chi connectivity index (χ0v) is 11.9. The maximum atomic E-state index is 11.7. The minimum atomic E-state index is -3.21. The van der Waals surface area contributed by atoms with Gasteiger partial charge in [-0.2, -0.15) is 0 Å². The molecule has 0 saturated heterocycles. The highest BCUT2D eigenvalue weighted by molar-refractivity contribution is 9.10. The molecule has 1 aromatic rings. The molecule has 0 aliphatic rings. The lowest BCUT2D eigenvalue weighted by Crippen LogP contribution is -2.17. The third-order valence-corrected chi connectivity index (χ3v) is 4.52. The first-order chi connectivity index (χ1) is 7.46. The molecule has 0 aliphatic carbocycles. The first kappa shape index (κ1) is 13.5. The Morgan fingerprint density at radius 2 is 2.06 bits per heavy atom. The molecule has 1 aromatic carbocycles. The van der Waals surface area contributed by atoms with Gasteiger partial charge in [-0.15, -0.1) is 0 Å². The molecule has 3 nitrogen and oxygen atoms in total. The number of unbranched alkanes of at least 4 members (excludes halogenated alkanes) is 1. The van der Waals surface area contributed by atoms with Gasteiger partial charge in [0.2, 0.25) is 10.0 Å². The summed E-state index contributed by atoms with van der Waals surface area (Å²) in [6.45, 7) is 3.85. The van der Waals surface area contributed by atoms with Crippen molar-refractivity contribution in [2.75, 3.05) is 10.5 Å². The Morgan fingerprint density at radius 1 is 1.38 bits per heavy atom. The summed E-state index contributed by atoms with van der Waals surface area (Å²) < 4.78 is 26.9. The van der Waals surface area contributed by atoms with Gasteiger partial charge in [0, 0.05) is 4.47 Å². The van der Waals surface area contributed by atoms with Crippen LogP contribution < -0.4 is 4.72 Å². The smallest absolute Gasteiger partial charge is 0.232 e. The van der Waals surface area contributed by atoms with E-state index in [0.29, 0.717) is 12.1 Å². The van der Waals surface area contributed by atoms with E-state index in [1.54, 1.807) is 6.07 Å². The predicted octanol–water partition coefficient (Wildman–Crippen LogP) is 3.30. The summed E-state index contributed by atoms with van der Waals surface area (Å²) >= 11 is 3.37. The van der Waals surface area contributed by atoms with Gasteiger partial charge >= 0.3 is 0 Å². The molecule has 1 rings (SSSR count). The van der Waals surface area contributed by atoms with Crippen molar-refractivity contribution in [1.29, 1.82) is 0 Å². The summed E-state index contributed by atoms with van der Waals surface area (Å²) in [6.07, 6.45) is 1.56. The number of nitrogens with one attached hydrogen (secondary N) is 1. The molecule has 0 fully saturated rings. The van der Waals surface area contributed by atoms with Crippen molar-refractivity contribution in [3.63, 3.8) is 0 Å². The standard InChI is InChI=1S/C11H16BrNO2S/c1-3-4-8-16(14,15)13-11-7-5-6-10(12)9(11)2/h5-7,13H,3-4,8H2,1-2H3. The van der Waals surface area contributed by atoms with Crippen LogP contribution in [0, 0.1) is 6.92 Å². The quantitative estimate of drug-likeness (QED) is 0.907. The maximum Gasteiger partial charge on any atom is 0.232 e. The molecule has 0 spiro atoms. The predicted molar refractivity (Wildman–Crippen MR) is 71.2 cm³/mol. The molecular weight excluding hydrogens is 290 g/mol. The van der Waals surface area contributed by atoms with Gasteiger partial charge in [0.15, 0.2) is 0 Å². The van der Waals surface area contributed by atoms with Crippen molar-refractivity contribution in [2.45, 2.75) is 26.7 Å². The first-order valence-electron chi connectivity index (χ1n) is 5.22. The average molecular weight is 306 g/mol. The van der Waals surface area contributed by atoms with Gasteiger partial charge in [-0.1, -0.05) is 35.3 Å².